The lowest BCUT2D eigenvalue weighted by Crippen LogP contribution is -2.24. The molecule has 7 nitrogen and oxygen atoms in total. The van der Waals surface area contributed by atoms with Crippen LogP contribution in [0, 0.1) is 6.92 Å². The third kappa shape index (κ3) is 7.08. The average Bonchev–Trinajstić information content (AvgIpc) is 3.55. The maximum Gasteiger partial charge on any atom is 0.227 e. The lowest BCUT2D eigenvalue weighted by Gasteiger charge is -2.23. The molecule has 0 atom stereocenters. The maximum atomic E-state index is 5.03. The normalized spacial score (nSPS) is 14.0. The molecule has 0 unspecified atom stereocenters. The third-order valence-electron chi connectivity index (χ3n) is 6.64. The molecule has 3 aromatic heterocycles. The zero-order valence-corrected chi connectivity index (χ0v) is 23.4. The van der Waals surface area contributed by atoms with Crippen molar-refractivity contribution in [2.45, 2.75) is 84.8 Å². The standard InChI is InChI=1S/C26H32N6S.C3H9N/c1-17(2)32-16-28-23-24(30-26(31-25(23)32)29-21-7-5-4-6-8-21)27-15-19-10-12-20(13-11-19)22-14-9-18(3)33-22;1-2-3-4/h9-14,16-17,21H,4-8,15H2,1-3H3,(H2,27,29,30,31);2-4H2,1H3. The predicted octanol–water partition coefficient (Wildman–Crippen LogP) is 7.16. The molecule has 0 aliphatic heterocycles. The molecule has 1 aromatic carbocycles. The summed E-state index contributed by atoms with van der Waals surface area (Å²) in [4.78, 5) is 17.0. The Hall–Kier alpha value is -2.97. The SMILES string of the molecule is CCCN.Cc1ccc(-c2ccc(CNc3nc(NC4CCCCC4)nc4c3ncn4C(C)C)cc2)s1. The van der Waals surface area contributed by atoms with Crippen LogP contribution < -0.4 is 16.4 Å². The van der Waals surface area contributed by atoms with Crippen LogP contribution in [0.1, 0.15) is 75.8 Å². The number of hydrogen-bond donors (Lipinski definition) is 3. The lowest BCUT2D eigenvalue weighted by molar-refractivity contribution is 0.461. The highest BCUT2D eigenvalue weighted by Crippen LogP contribution is 2.29. The van der Waals surface area contributed by atoms with E-state index in [4.69, 9.17) is 15.7 Å². The van der Waals surface area contributed by atoms with Crippen molar-refractivity contribution in [1.29, 1.82) is 0 Å². The van der Waals surface area contributed by atoms with Crippen LogP contribution in [-0.4, -0.2) is 32.1 Å². The molecule has 0 radical (unpaired) electrons. The summed E-state index contributed by atoms with van der Waals surface area (Å²) in [6.45, 7) is 10.0. The Morgan fingerprint density at radius 3 is 2.41 bits per heavy atom. The summed E-state index contributed by atoms with van der Waals surface area (Å²) in [6.07, 6.45) is 9.21. The first-order valence-corrected chi connectivity index (χ1v) is 14.4. The van der Waals surface area contributed by atoms with Crippen molar-refractivity contribution in [1.82, 2.24) is 19.5 Å². The van der Waals surface area contributed by atoms with Gasteiger partial charge in [0.15, 0.2) is 17.0 Å². The number of aromatic nitrogens is 4. The van der Waals surface area contributed by atoms with Gasteiger partial charge in [0.1, 0.15) is 0 Å². The van der Waals surface area contributed by atoms with Crippen molar-refractivity contribution in [2.24, 2.45) is 5.73 Å². The monoisotopic (exact) mass is 519 g/mol. The molecule has 4 N–H and O–H groups in total. The quantitative estimate of drug-likeness (QED) is 0.229. The maximum absolute atomic E-state index is 5.03. The summed E-state index contributed by atoms with van der Waals surface area (Å²) >= 11 is 1.83. The van der Waals surface area contributed by atoms with E-state index in [1.807, 2.05) is 17.7 Å². The summed E-state index contributed by atoms with van der Waals surface area (Å²) in [7, 11) is 0. The molecule has 0 amide bonds. The number of aryl methyl sites for hydroxylation is 1. The van der Waals surface area contributed by atoms with Gasteiger partial charge in [-0.2, -0.15) is 9.97 Å². The minimum absolute atomic E-state index is 0.286. The molecule has 4 aromatic rings. The molecule has 5 rings (SSSR count). The Labute approximate surface area is 224 Å². The molecular weight excluding hydrogens is 478 g/mol. The van der Waals surface area contributed by atoms with Gasteiger partial charge in [0.05, 0.1) is 6.33 Å². The van der Waals surface area contributed by atoms with E-state index < -0.39 is 0 Å². The second-order valence-corrected chi connectivity index (χ2v) is 11.3. The molecule has 1 saturated carbocycles. The van der Waals surface area contributed by atoms with Crippen LogP contribution in [0.5, 0.6) is 0 Å². The molecule has 8 heteroatoms. The second kappa shape index (κ2) is 13.0. The van der Waals surface area contributed by atoms with Crippen molar-refractivity contribution in [3.8, 4) is 10.4 Å². The number of hydrogen-bond acceptors (Lipinski definition) is 7. The number of fused-ring (bicyclic) bond motifs is 1. The van der Waals surface area contributed by atoms with E-state index in [1.165, 1.54) is 53.0 Å². The fourth-order valence-corrected chi connectivity index (χ4v) is 5.35. The molecule has 0 saturated heterocycles. The van der Waals surface area contributed by atoms with E-state index in [2.05, 4.69) is 84.3 Å². The highest BCUT2D eigenvalue weighted by atomic mass is 32.1. The summed E-state index contributed by atoms with van der Waals surface area (Å²) < 4.78 is 2.12. The smallest absolute Gasteiger partial charge is 0.227 e. The van der Waals surface area contributed by atoms with Gasteiger partial charge in [-0.25, -0.2) is 4.98 Å². The fourth-order valence-electron chi connectivity index (χ4n) is 4.47. The van der Waals surface area contributed by atoms with Crippen LogP contribution in [0.4, 0.5) is 11.8 Å². The number of thiophene rings is 1. The van der Waals surface area contributed by atoms with Gasteiger partial charge in [-0.3, -0.25) is 0 Å². The van der Waals surface area contributed by atoms with Crippen LogP contribution in [0.3, 0.4) is 0 Å². The fraction of sp³-hybridized carbons (Fsp3) is 0.483. The van der Waals surface area contributed by atoms with Gasteiger partial charge in [0.25, 0.3) is 0 Å². The second-order valence-electron chi connectivity index (χ2n) is 10.0. The number of benzene rings is 1. The van der Waals surface area contributed by atoms with Crippen molar-refractivity contribution in [3.63, 3.8) is 0 Å². The molecule has 1 aliphatic rings. The first-order chi connectivity index (χ1) is 18.0. The molecule has 3 heterocycles. The highest BCUT2D eigenvalue weighted by molar-refractivity contribution is 7.15. The summed E-state index contributed by atoms with van der Waals surface area (Å²) in [5, 5.41) is 7.13. The molecule has 1 fully saturated rings. The van der Waals surface area contributed by atoms with Crippen LogP contribution in [0.25, 0.3) is 21.6 Å². The number of anilines is 2. The van der Waals surface area contributed by atoms with Crippen LogP contribution in [0.2, 0.25) is 0 Å². The summed E-state index contributed by atoms with van der Waals surface area (Å²) in [6, 6.07) is 13.9. The van der Waals surface area contributed by atoms with Crippen molar-refractivity contribution in [2.75, 3.05) is 17.2 Å². The van der Waals surface area contributed by atoms with E-state index in [0.717, 1.165) is 29.9 Å². The summed E-state index contributed by atoms with van der Waals surface area (Å²) in [5.41, 5.74) is 9.20. The number of imidazole rings is 1. The number of nitrogens with one attached hydrogen (secondary N) is 2. The molecule has 37 heavy (non-hydrogen) atoms. The van der Waals surface area contributed by atoms with Gasteiger partial charge in [-0.1, -0.05) is 50.5 Å². The Kier molecular flexibility index (Phi) is 9.52. The third-order valence-corrected chi connectivity index (χ3v) is 7.69. The largest absolute Gasteiger partial charge is 0.364 e. The van der Waals surface area contributed by atoms with Crippen LogP contribution in [0.15, 0.2) is 42.7 Å². The lowest BCUT2D eigenvalue weighted by atomic mass is 9.96. The topological polar surface area (TPSA) is 93.7 Å². The Morgan fingerprint density at radius 2 is 1.78 bits per heavy atom. The van der Waals surface area contributed by atoms with Gasteiger partial charge in [-0.05, 0) is 69.8 Å². The number of nitrogens with two attached hydrogens (primary N) is 1. The van der Waals surface area contributed by atoms with E-state index in [1.54, 1.807) is 0 Å². The van der Waals surface area contributed by atoms with Gasteiger partial charge in [0, 0.05) is 28.4 Å². The average molecular weight is 520 g/mol. The first-order valence-electron chi connectivity index (χ1n) is 13.6. The Morgan fingerprint density at radius 1 is 1.05 bits per heavy atom. The molecular formula is C29H41N7S. The van der Waals surface area contributed by atoms with Gasteiger partial charge < -0.3 is 20.9 Å². The van der Waals surface area contributed by atoms with Crippen molar-refractivity contribution >= 4 is 34.3 Å². The van der Waals surface area contributed by atoms with E-state index in [9.17, 15) is 0 Å². The highest BCUT2D eigenvalue weighted by Gasteiger charge is 2.18. The molecule has 1 aliphatic carbocycles. The first kappa shape index (κ1) is 27.1. The van der Waals surface area contributed by atoms with Gasteiger partial charge in [0.2, 0.25) is 5.95 Å². The van der Waals surface area contributed by atoms with Gasteiger partial charge >= 0.3 is 0 Å². The molecule has 0 bridgehead atoms. The van der Waals surface area contributed by atoms with Crippen LogP contribution >= 0.6 is 11.3 Å². The minimum Gasteiger partial charge on any atom is -0.364 e. The Bertz CT molecular complexity index is 1250. The predicted molar refractivity (Wildman–Crippen MR) is 157 cm³/mol. The van der Waals surface area contributed by atoms with Crippen molar-refractivity contribution < 1.29 is 0 Å². The number of nitrogens with zero attached hydrogens (tertiary/aromatic N) is 4. The van der Waals surface area contributed by atoms with Crippen molar-refractivity contribution in [3.05, 3.63) is 53.2 Å². The van der Waals surface area contributed by atoms with Gasteiger partial charge in [-0.15, -0.1) is 11.3 Å². The van der Waals surface area contributed by atoms with E-state index in [-0.39, 0.29) is 6.04 Å². The van der Waals surface area contributed by atoms with Crippen LogP contribution in [-0.2, 0) is 6.54 Å². The zero-order valence-electron chi connectivity index (χ0n) is 22.6. The van der Waals surface area contributed by atoms with E-state index >= 15 is 0 Å². The molecule has 198 valence electrons. The zero-order chi connectivity index (χ0) is 26.2. The number of rotatable bonds is 8. The van der Waals surface area contributed by atoms with E-state index in [0.29, 0.717) is 18.5 Å². The molecule has 0 spiro atoms. The Balaban J connectivity index is 0.000000747. The summed E-state index contributed by atoms with van der Waals surface area (Å²) in [5.74, 6) is 1.48. The minimum atomic E-state index is 0.286.